The summed E-state index contributed by atoms with van der Waals surface area (Å²) >= 11 is 5.99. The van der Waals surface area contributed by atoms with Gasteiger partial charge in [0.25, 0.3) is 5.56 Å². The fourth-order valence-corrected chi connectivity index (χ4v) is 4.78. The number of aromatic nitrogens is 3. The molecular weight excluding hydrogens is 452 g/mol. The minimum Gasteiger partial charge on any atom is -0.456 e. The molecule has 8 heteroatoms. The zero-order chi connectivity index (χ0) is 23.2. The van der Waals surface area contributed by atoms with E-state index in [1.165, 1.54) is 0 Å². The molecule has 0 amide bonds. The van der Waals surface area contributed by atoms with E-state index in [-0.39, 0.29) is 11.7 Å². The number of likely N-dealkylation sites (tertiary alicyclic amines) is 1. The number of aliphatic hydroxyl groups excluding tert-OH is 1. The number of aliphatic hydroxyl groups is 1. The molecule has 0 radical (unpaired) electrons. The summed E-state index contributed by atoms with van der Waals surface area (Å²) < 4.78 is 9.53. The van der Waals surface area contributed by atoms with E-state index in [2.05, 4.69) is 10.00 Å². The highest BCUT2D eigenvalue weighted by atomic mass is 35.5. The van der Waals surface area contributed by atoms with Crippen molar-refractivity contribution in [2.75, 3.05) is 19.6 Å². The van der Waals surface area contributed by atoms with Gasteiger partial charge in [-0.15, -0.1) is 0 Å². The third-order valence-electron chi connectivity index (χ3n) is 6.49. The Hall–Kier alpha value is -3.39. The SMILES string of the molecule is O=c1c2cc(-c3ccc(Cl)cc3)oc2ccn1-c1ccc2c(cnn2CCN2CCC(O)C2)c1. The molecule has 0 bridgehead atoms. The number of rotatable bonds is 5. The van der Waals surface area contributed by atoms with Crippen LogP contribution in [0.25, 0.3) is 38.9 Å². The molecule has 1 atom stereocenters. The van der Waals surface area contributed by atoms with Gasteiger partial charge in [0, 0.05) is 47.5 Å². The molecule has 7 nitrogen and oxygen atoms in total. The molecule has 34 heavy (non-hydrogen) atoms. The lowest BCUT2D eigenvalue weighted by atomic mass is 10.1. The molecule has 1 saturated heterocycles. The average Bonchev–Trinajstić information content (AvgIpc) is 3.56. The van der Waals surface area contributed by atoms with Crippen molar-refractivity contribution in [1.82, 2.24) is 19.2 Å². The molecule has 1 unspecified atom stereocenters. The largest absolute Gasteiger partial charge is 0.456 e. The third-order valence-corrected chi connectivity index (χ3v) is 6.74. The summed E-state index contributed by atoms with van der Waals surface area (Å²) in [5, 5.41) is 16.4. The Morgan fingerprint density at radius 1 is 1.09 bits per heavy atom. The summed E-state index contributed by atoms with van der Waals surface area (Å²) in [6.45, 7) is 3.25. The van der Waals surface area contributed by atoms with Crippen molar-refractivity contribution in [2.24, 2.45) is 0 Å². The zero-order valence-corrected chi connectivity index (χ0v) is 19.2. The van der Waals surface area contributed by atoms with Crippen LogP contribution in [-0.2, 0) is 6.54 Å². The van der Waals surface area contributed by atoms with Crippen molar-refractivity contribution in [3.05, 3.63) is 82.4 Å². The van der Waals surface area contributed by atoms with Gasteiger partial charge in [-0.2, -0.15) is 5.10 Å². The van der Waals surface area contributed by atoms with E-state index in [0.29, 0.717) is 21.8 Å². The van der Waals surface area contributed by atoms with Crippen molar-refractivity contribution >= 4 is 33.5 Å². The Kier molecular flexibility index (Phi) is 5.25. The Balaban J connectivity index is 1.30. The van der Waals surface area contributed by atoms with Crippen LogP contribution >= 0.6 is 11.6 Å². The van der Waals surface area contributed by atoms with Crippen LogP contribution in [0, 0.1) is 0 Å². The maximum absolute atomic E-state index is 13.3. The van der Waals surface area contributed by atoms with Gasteiger partial charge in [-0.3, -0.25) is 18.9 Å². The summed E-state index contributed by atoms with van der Waals surface area (Å²) in [5.41, 5.74) is 3.07. The highest BCUT2D eigenvalue weighted by Gasteiger charge is 2.20. The molecule has 1 aliphatic rings. The fraction of sp³-hybridized carbons (Fsp3) is 0.231. The highest BCUT2D eigenvalue weighted by Crippen LogP contribution is 2.28. The van der Waals surface area contributed by atoms with Gasteiger partial charge >= 0.3 is 0 Å². The van der Waals surface area contributed by atoms with Crippen LogP contribution in [0.2, 0.25) is 5.02 Å². The second-order valence-electron chi connectivity index (χ2n) is 8.74. The Bertz CT molecular complexity index is 1550. The monoisotopic (exact) mass is 474 g/mol. The van der Waals surface area contributed by atoms with Crippen LogP contribution in [0.4, 0.5) is 0 Å². The number of β-amino-alcohol motifs (C(OH)–C–C–N with tert-alkyl or cyclic N) is 1. The van der Waals surface area contributed by atoms with E-state index in [0.717, 1.165) is 54.8 Å². The molecule has 6 rings (SSSR count). The van der Waals surface area contributed by atoms with Gasteiger partial charge in [0.15, 0.2) is 0 Å². The second-order valence-corrected chi connectivity index (χ2v) is 9.18. The van der Waals surface area contributed by atoms with Crippen molar-refractivity contribution in [1.29, 1.82) is 0 Å². The number of hydrogen-bond acceptors (Lipinski definition) is 5. The molecule has 0 aliphatic carbocycles. The van der Waals surface area contributed by atoms with Crippen LogP contribution < -0.4 is 5.56 Å². The fourth-order valence-electron chi connectivity index (χ4n) is 4.65. The minimum absolute atomic E-state index is 0.138. The van der Waals surface area contributed by atoms with Crippen molar-refractivity contribution < 1.29 is 9.52 Å². The summed E-state index contributed by atoms with van der Waals surface area (Å²) in [6, 6.07) is 16.9. The lowest BCUT2D eigenvalue weighted by Gasteiger charge is -2.15. The number of fused-ring (bicyclic) bond motifs is 2. The van der Waals surface area contributed by atoms with Gasteiger partial charge in [-0.05, 0) is 61.0 Å². The summed E-state index contributed by atoms with van der Waals surface area (Å²) in [4.78, 5) is 15.5. The second kappa shape index (κ2) is 8.43. The lowest BCUT2D eigenvalue weighted by Crippen LogP contribution is -2.26. The minimum atomic E-state index is -0.218. The summed E-state index contributed by atoms with van der Waals surface area (Å²) in [6.07, 6.45) is 4.19. The van der Waals surface area contributed by atoms with Crippen LogP contribution in [0.3, 0.4) is 0 Å². The molecule has 3 aromatic heterocycles. The quantitative estimate of drug-likeness (QED) is 0.410. The first-order valence-electron chi connectivity index (χ1n) is 11.3. The zero-order valence-electron chi connectivity index (χ0n) is 18.4. The van der Waals surface area contributed by atoms with Crippen LogP contribution in [0.1, 0.15) is 6.42 Å². The molecule has 5 aromatic rings. The molecular formula is C26H23ClN4O3. The van der Waals surface area contributed by atoms with E-state index >= 15 is 0 Å². The van der Waals surface area contributed by atoms with Gasteiger partial charge in [0.1, 0.15) is 11.3 Å². The number of benzene rings is 2. The number of nitrogens with zero attached hydrogens (tertiary/aromatic N) is 4. The van der Waals surface area contributed by atoms with Gasteiger partial charge in [-0.1, -0.05) is 11.6 Å². The van der Waals surface area contributed by atoms with Crippen LogP contribution in [0.15, 0.2) is 76.2 Å². The van der Waals surface area contributed by atoms with Gasteiger partial charge in [-0.25, -0.2) is 0 Å². The maximum atomic E-state index is 13.3. The summed E-state index contributed by atoms with van der Waals surface area (Å²) in [5.74, 6) is 0.628. The van der Waals surface area contributed by atoms with Gasteiger partial charge < -0.3 is 9.52 Å². The van der Waals surface area contributed by atoms with Crippen molar-refractivity contribution in [3.8, 4) is 17.0 Å². The Morgan fingerprint density at radius 3 is 2.74 bits per heavy atom. The van der Waals surface area contributed by atoms with E-state index in [1.807, 2.05) is 47.3 Å². The van der Waals surface area contributed by atoms with Crippen molar-refractivity contribution in [3.63, 3.8) is 0 Å². The molecule has 1 fully saturated rings. The van der Waals surface area contributed by atoms with E-state index in [4.69, 9.17) is 16.0 Å². The molecule has 1 N–H and O–H groups in total. The first kappa shape index (κ1) is 21.2. The molecule has 0 spiro atoms. The highest BCUT2D eigenvalue weighted by molar-refractivity contribution is 6.30. The smallest absolute Gasteiger partial charge is 0.266 e. The molecule has 4 heterocycles. The topological polar surface area (TPSA) is 76.4 Å². The van der Waals surface area contributed by atoms with E-state index < -0.39 is 0 Å². The number of hydrogen-bond donors (Lipinski definition) is 1. The van der Waals surface area contributed by atoms with E-state index in [9.17, 15) is 9.90 Å². The van der Waals surface area contributed by atoms with Crippen LogP contribution in [0.5, 0.6) is 0 Å². The summed E-state index contributed by atoms with van der Waals surface area (Å²) in [7, 11) is 0. The Morgan fingerprint density at radius 2 is 1.94 bits per heavy atom. The van der Waals surface area contributed by atoms with Gasteiger partial charge in [0.2, 0.25) is 0 Å². The maximum Gasteiger partial charge on any atom is 0.266 e. The van der Waals surface area contributed by atoms with Gasteiger partial charge in [0.05, 0.1) is 29.7 Å². The third kappa shape index (κ3) is 3.81. The van der Waals surface area contributed by atoms with Crippen molar-refractivity contribution in [2.45, 2.75) is 19.1 Å². The molecule has 0 saturated carbocycles. The molecule has 2 aromatic carbocycles. The lowest BCUT2D eigenvalue weighted by molar-refractivity contribution is 0.175. The Labute approximate surface area is 200 Å². The first-order chi connectivity index (χ1) is 16.5. The number of furan rings is 1. The normalized spacial score (nSPS) is 16.7. The van der Waals surface area contributed by atoms with E-state index in [1.54, 1.807) is 29.0 Å². The first-order valence-corrected chi connectivity index (χ1v) is 11.7. The number of halogens is 1. The predicted molar refractivity (Wildman–Crippen MR) is 133 cm³/mol. The number of pyridine rings is 1. The standard InChI is InChI=1S/C26H23ClN4O3/c27-19-3-1-17(2-4-19)25-14-22-24(34-25)8-10-30(26(22)33)20-5-6-23-18(13-20)15-28-31(23)12-11-29-9-7-21(32)16-29/h1-6,8,10,13-15,21,32H,7,9,11-12,16H2. The molecule has 1 aliphatic heterocycles. The predicted octanol–water partition coefficient (Wildman–Crippen LogP) is 4.32. The average molecular weight is 475 g/mol. The molecule has 172 valence electrons. The van der Waals surface area contributed by atoms with Crippen LogP contribution in [-0.4, -0.2) is 50.1 Å².